The third-order valence-electron chi connectivity index (χ3n) is 4.22. The second kappa shape index (κ2) is 9.03. The highest BCUT2D eigenvalue weighted by Gasteiger charge is 2.25. The summed E-state index contributed by atoms with van der Waals surface area (Å²) in [5.74, 6) is 0.314. The minimum atomic E-state index is 0.0944. The van der Waals surface area contributed by atoms with Gasteiger partial charge in [-0.25, -0.2) is 0 Å². The molecule has 0 unspecified atom stereocenters. The van der Waals surface area contributed by atoms with Gasteiger partial charge in [0.2, 0.25) is 5.91 Å². The van der Waals surface area contributed by atoms with Gasteiger partial charge in [-0.15, -0.1) is 11.3 Å². The Balaban J connectivity index is 1.71. The van der Waals surface area contributed by atoms with E-state index < -0.39 is 0 Å². The molecule has 0 aliphatic carbocycles. The first-order chi connectivity index (χ1) is 11.1. The lowest BCUT2D eigenvalue weighted by Crippen LogP contribution is -2.50. The number of amides is 2. The summed E-state index contributed by atoms with van der Waals surface area (Å²) in [5.41, 5.74) is 5.46. The zero-order valence-corrected chi connectivity index (χ0v) is 14.7. The normalized spacial score (nSPS) is 15.0. The molecule has 2 N–H and O–H groups in total. The number of thiophene rings is 1. The second-order valence-corrected chi connectivity index (χ2v) is 7.32. The quantitative estimate of drug-likeness (QED) is 0.776. The van der Waals surface area contributed by atoms with Crippen molar-refractivity contribution in [3.05, 3.63) is 21.9 Å². The Bertz CT molecular complexity index is 522. The molecular weight excluding hydrogens is 310 g/mol. The number of unbranched alkanes of at least 4 members (excludes halogenated alkanes) is 3. The summed E-state index contributed by atoms with van der Waals surface area (Å²) in [6.07, 6.45) is 4.76. The minimum absolute atomic E-state index is 0.0944. The van der Waals surface area contributed by atoms with Crippen molar-refractivity contribution in [2.75, 3.05) is 32.7 Å². The van der Waals surface area contributed by atoms with Crippen molar-refractivity contribution in [3.8, 4) is 0 Å². The lowest BCUT2D eigenvalue weighted by Gasteiger charge is -2.34. The second-order valence-electron chi connectivity index (χ2n) is 6.04. The molecule has 1 aromatic heterocycles. The average Bonchev–Trinajstić information content (AvgIpc) is 3.00. The van der Waals surface area contributed by atoms with Gasteiger partial charge < -0.3 is 15.5 Å². The molecule has 1 fully saturated rings. The Morgan fingerprint density at radius 3 is 2.30 bits per heavy atom. The van der Waals surface area contributed by atoms with Crippen LogP contribution in [0.15, 0.2) is 12.1 Å². The van der Waals surface area contributed by atoms with Crippen molar-refractivity contribution in [1.82, 2.24) is 9.80 Å². The number of rotatable bonds is 7. The van der Waals surface area contributed by atoms with Crippen LogP contribution >= 0.6 is 11.3 Å². The lowest BCUT2D eigenvalue weighted by atomic mass is 10.1. The molecular formula is C17H27N3O2S. The van der Waals surface area contributed by atoms with Gasteiger partial charge in [-0.1, -0.05) is 12.8 Å². The molecule has 128 valence electrons. The van der Waals surface area contributed by atoms with Crippen LogP contribution in [0.25, 0.3) is 0 Å². The standard InChI is InChI=1S/C17H27N3O2S/c1-14-7-8-15(23-14)17(22)20-12-10-19(11-13-20)16(21)6-4-2-3-5-9-18/h7-8H,2-6,9-13,18H2,1H3. The van der Waals surface area contributed by atoms with Gasteiger partial charge in [0.1, 0.15) is 0 Å². The first-order valence-electron chi connectivity index (χ1n) is 8.45. The minimum Gasteiger partial charge on any atom is -0.339 e. The molecule has 0 aromatic carbocycles. The summed E-state index contributed by atoms with van der Waals surface area (Å²) >= 11 is 1.53. The van der Waals surface area contributed by atoms with E-state index in [0.29, 0.717) is 32.6 Å². The first-order valence-corrected chi connectivity index (χ1v) is 9.27. The molecule has 0 radical (unpaired) electrons. The number of carbonyl (C=O) groups is 2. The number of nitrogens with two attached hydrogens (primary N) is 1. The summed E-state index contributed by atoms with van der Waals surface area (Å²) in [4.78, 5) is 30.3. The molecule has 0 bridgehead atoms. The van der Waals surface area contributed by atoms with Gasteiger partial charge in [0.25, 0.3) is 5.91 Å². The van der Waals surface area contributed by atoms with Crippen molar-refractivity contribution >= 4 is 23.2 Å². The maximum Gasteiger partial charge on any atom is 0.264 e. The van der Waals surface area contributed by atoms with Gasteiger partial charge in [-0.3, -0.25) is 9.59 Å². The summed E-state index contributed by atoms with van der Waals surface area (Å²) in [6.45, 7) is 5.30. The summed E-state index contributed by atoms with van der Waals surface area (Å²) in [6, 6.07) is 3.86. The Kier molecular flexibility index (Phi) is 7.05. The molecule has 1 aliphatic heterocycles. The van der Waals surface area contributed by atoms with E-state index in [-0.39, 0.29) is 11.8 Å². The summed E-state index contributed by atoms with van der Waals surface area (Å²) < 4.78 is 0. The number of piperazine rings is 1. The maximum atomic E-state index is 12.4. The molecule has 2 rings (SSSR count). The van der Waals surface area contributed by atoms with Gasteiger partial charge >= 0.3 is 0 Å². The zero-order valence-electron chi connectivity index (χ0n) is 13.9. The molecule has 23 heavy (non-hydrogen) atoms. The number of nitrogens with zero attached hydrogens (tertiary/aromatic N) is 2. The predicted molar refractivity (Wildman–Crippen MR) is 93.7 cm³/mol. The number of hydrogen-bond donors (Lipinski definition) is 1. The topological polar surface area (TPSA) is 66.6 Å². The van der Waals surface area contributed by atoms with Crippen LogP contribution in [0, 0.1) is 6.92 Å². The van der Waals surface area contributed by atoms with E-state index in [9.17, 15) is 9.59 Å². The molecule has 0 saturated carbocycles. The van der Waals surface area contributed by atoms with Crippen molar-refractivity contribution in [3.63, 3.8) is 0 Å². The van der Waals surface area contributed by atoms with Gasteiger partial charge in [-0.05, 0) is 38.4 Å². The Hall–Kier alpha value is -1.40. The summed E-state index contributed by atoms with van der Waals surface area (Å²) in [5, 5.41) is 0. The van der Waals surface area contributed by atoms with Gasteiger partial charge in [0.15, 0.2) is 0 Å². The average molecular weight is 337 g/mol. The molecule has 0 atom stereocenters. The monoisotopic (exact) mass is 337 g/mol. The largest absolute Gasteiger partial charge is 0.339 e. The first kappa shape index (κ1) is 17.9. The number of aryl methyl sites for hydroxylation is 1. The highest BCUT2D eigenvalue weighted by atomic mass is 32.1. The molecule has 2 heterocycles. The van der Waals surface area contributed by atoms with Crippen molar-refractivity contribution in [2.24, 2.45) is 5.73 Å². The molecule has 2 amide bonds. The molecule has 6 heteroatoms. The molecule has 5 nitrogen and oxygen atoms in total. The van der Waals surface area contributed by atoms with Crippen LogP contribution < -0.4 is 5.73 Å². The predicted octanol–water partition coefficient (Wildman–Crippen LogP) is 2.25. The number of hydrogen-bond acceptors (Lipinski definition) is 4. The van der Waals surface area contributed by atoms with Gasteiger partial charge in [-0.2, -0.15) is 0 Å². The van der Waals surface area contributed by atoms with E-state index in [2.05, 4.69) is 0 Å². The van der Waals surface area contributed by atoms with Crippen LogP contribution in [0.2, 0.25) is 0 Å². The van der Waals surface area contributed by atoms with E-state index in [1.165, 1.54) is 11.3 Å². The van der Waals surface area contributed by atoms with Crippen LogP contribution in [0.1, 0.15) is 46.7 Å². The van der Waals surface area contributed by atoms with E-state index in [1.807, 2.05) is 28.9 Å². The SMILES string of the molecule is Cc1ccc(C(=O)N2CCN(C(=O)CCCCCCN)CC2)s1. The van der Waals surface area contributed by atoms with Crippen LogP contribution in [0.3, 0.4) is 0 Å². The van der Waals surface area contributed by atoms with Crippen molar-refractivity contribution < 1.29 is 9.59 Å². The highest BCUT2D eigenvalue weighted by Crippen LogP contribution is 2.18. The highest BCUT2D eigenvalue weighted by molar-refractivity contribution is 7.13. The lowest BCUT2D eigenvalue weighted by molar-refractivity contribution is -0.132. The van der Waals surface area contributed by atoms with Crippen molar-refractivity contribution in [2.45, 2.75) is 39.0 Å². The zero-order chi connectivity index (χ0) is 16.7. The molecule has 1 aromatic rings. The van der Waals surface area contributed by atoms with E-state index in [1.54, 1.807) is 0 Å². The van der Waals surface area contributed by atoms with Crippen LogP contribution in [0.5, 0.6) is 0 Å². The van der Waals surface area contributed by atoms with Crippen molar-refractivity contribution in [1.29, 1.82) is 0 Å². The van der Waals surface area contributed by atoms with E-state index in [0.717, 1.165) is 42.0 Å². The van der Waals surface area contributed by atoms with Crippen LogP contribution in [0.4, 0.5) is 0 Å². The fourth-order valence-corrected chi connectivity index (χ4v) is 3.63. The Labute approximate surface area is 142 Å². The van der Waals surface area contributed by atoms with Crippen LogP contribution in [-0.4, -0.2) is 54.3 Å². The van der Waals surface area contributed by atoms with E-state index >= 15 is 0 Å². The maximum absolute atomic E-state index is 12.4. The van der Waals surface area contributed by atoms with Gasteiger partial charge in [0.05, 0.1) is 4.88 Å². The molecule has 1 saturated heterocycles. The number of carbonyl (C=O) groups excluding carboxylic acids is 2. The third kappa shape index (κ3) is 5.32. The third-order valence-corrected chi connectivity index (χ3v) is 5.20. The Morgan fingerprint density at radius 2 is 1.70 bits per heavy atom. The van der Waals surface area contributed by atoms with E-state index in [4.69, 9.17) is 5.73 Å². The van der Waals surface area contributed by atoms with Gasteiger partial charge in [0, 0.05) is 37.5 Å². The molecule has 1 aliphatic rings. The molecule has 0 spiro atoms. The summed E-state index contributed by atoms with van der Waals surface area (Å²) in [7, 11) is 0. The fraction of sp³-hybridized carbons (Fsp3) is 0.647. The van der Waals surface area contributed by atoms with Crippen LogP contribution in [-0.2, 0) is 4.79 Å². The smallest absolute Gasteiger partial charge is 0.264 e. The Morgan fingerprint density at radius 1 is 1.04 bits per heavy atom. The fourth-order valence-electron chi connectivity index (χ4n) is 2.80.